The molecule has 1 fully saturated rings. The van der Waals surface area contributed by atoms with Gasteiger partial charge in [-0.2, -0.15) is 0 Å². The van der Waals surface area contributed by atoms with Crippen molar-refractivity contribution in [3.8, 4) is 0 Å². The highest BCUT2D eigenvalue weighted by Crippen LogP contribution is 2.42. The van der Waals surface area contributed by atoms with Crippen molar-refractivity contribution in [3.05, 3.63) is 0 Å². The first-order chi connectivity index (χ1) is 7.32. The maximum Gasteiger partial charge on any atom is 0.321 e. The molecule has 1 saturated carbocycles. The fraction of sp³-hybridized carbons (Fsp3) is 0.900. The van der Waals surface area contributed by atoms with E-state index < -0.39 is 26.8 Å². The average molecular weight is 249 g/mol. The van der Waals surface area contributed by atoms with Crippen molar-refractivity contribution in [2.24, 2.45) is 0 Å². The van der Waals surface area contributed by atoms with E-state index in [2.05, 4.69) is 4.72 Å². The largest absolute Gasteiger partial charge is 0.480 e. The fourth-order valence-electron chi connectivity index (χ4n) is 1.42. The Morgan fingerprint density at radius 3 is 2.44 bits per heavy atom. The third-order valence-corrected chi connectivity index (χ3v) is 5.35. The van der Waals surface area contributed by atoms with Gasteiger partial charge in [-0.05, 0) is 26.2 Å². The molecule has 0 bridgehead atoms. The summed E-state index contributed by atoms with van der Waals surface area (Å²) in [7, 11) is -3.49. The van der Waals surface area contributed by atoms with Crippen molar-refractivity contribution < 1.29 is 18.3 Å². The molecule has 0 amide bonds. The molecule has 1 atom stereocenters. The van der Waals surface area contributed by atoms with Crippen molar-refractivity contribution in [3.63, 3.8) is 0 Å². The number of aliphatic carboxylic acids is 1. The molecule has 1 aliphatic carbocycles. The Morgan fingerprint density at radius 2 is 2.06 bits per heavy atom. The van der Waals surface area contributed by atoms with E-state index in [1.807, 2.05) is 6.92 Å². The second-order valence-corrected chi connectivity index (χ2v) is 6.83. The zero-order valence-electron chi connectivity index (χ0n) is 9.69. The fourth-order valence-corrected chi connectivity index (χ4v) is 2.93. The first kappa shape index (κ1) is 13.4. The van der Waals surface area contributed by atoms with E-state index in [0.29, 0.717) is 25.7 Å². The molecule has 0 heterocycles. The zero-order valence-corrected chi connectivity index (χ0v) is 10.5. The summed E-state index contributed by atoms with van der Waals surface area (Å²) in [5, 5.41) is 8.92. The Morgan fingerprint density at radius 1 is 1.50 bits per heavy atom. The van der Waals surface area contributed by atoms with Crippen molar-refractivity contribution in [1.82, 2.24) is 4.72 Å². The van der Waals surface area contributed by atoms with Crippen LogP contribution >= 0.6 is 0 Å². The second kappa shape index (κ2) is 4.71. The van der Waals surface area contributed by atoms with Crippen molar-refractivity contribution in [2.75, 3.05) is 0 Å². The van der Waals surface area contributed by atoms with Gasteiger partial charge in [0.2, 0.25) is 10.0 Å². The predicted molar refractivity (Wildman–Crippen MR) is 60.6 cm³/mol. The van der Waals surface area contributed by atoms with Gasteiger partial charge in [-0.25, -0.2) is 13.1 Å². The quantitative estimate of drug-likeness (QED) is 0.707. The van der Waals surface area contributed by atoms with Crippen molar-refractivity contribution in [2.45, 2.75) is 56.7 Å². The number of carbonyl (C=O) groups is 1. The summed E-state index contributed by atoms with van der Waals surface area (Å²) in [5.74, 6) is -1.10. The highest BCUT2D eigenvalue weighted by molar-refractivity contribution is 7.91. The van der Waals surface area contributed by atoms with Crippen LogP contribution < -0.4 is 4.72 Å². The molecule has 5 nitrogen and oxygen atoms in total. The lowest BCUT2D eigenvalue weighted by molar-refractivity contribution is -0.139. The van der Waals surface area contributed by atoms with Crippen LogP contribution in [0.5, 0.6) is 0 Å². The van der Waals surface area contributed by atoms with Gasteiger partial charge < -0.3 is 5.11 Å². The Hall–Kier alpha value is -0.620. The minimum Gasteiger partial charge on any atom is -0.480 e. The lowest BCUT2D eigenvalue weighted by atomic mass is 10.1. The summed E-state index contributed by atoms with van der Waals surface area (Å²) in [6.45, 7) is 3.59. The molecule has 6 heteroatoms. The topological polar surface area (TPSA) is 83.5 Å². The van der Waals surface area contributed by atoms with E-state index in [9.17, 15) is 13.2 Å². The van der Waals surface area contributed by atoms with Crippen LogP contribution in [0.1, 0.15) is 46.0 Å². The van der Waals surface area contributed by atoms with E-state index in [1.165, 1.54) is 0 Å². The molecule has 0 spiro atoms. The molecular weight excluding hydrogens is 230 g/mol. The number of carboxylic acids is 1. The van der Waals surface area contributed by atoms with Crippen LogP contribution in [0.3, 0.4) is 0 Å². The van der Waals surface area contributed by atoms with Gasteiger partial charge in [0.15, 0.2) is 0 Å². The minimum atomic E-state index is -3.49. The zero-order chi connectivity index (χ0) is 12.4. The summed E-state index contributed by atoms with van der Waals surface area (Å²) in [4.78, 5) is 10.9. The van der Waals surface area contributed by atoms with Gasteiger partial charge in [0, 0.05) is 0 Å². The normalized spacial score (nSPS) is 20.4. The highest BCUT2D eigenvalue weighted by atomic mass is 32.2. The van der Waals surface area contributed by atoms with Crippen molar-refractivity contribution >= 4 is 16.0 Å². The number of rotatable bonds is 7. The lowest BCUT2D eigenvalue weighted by Crippen LogP contribution is -2.45. The van der Waals surface area contributed by atoms with Crippen LogP contribution in [-0.4, -0.2) is 30.3 Å². The third kappa shape index (κ3) is 2.95. The molecule has 0 saturated heterocycles. The second-order valence-electron chi connectivity index (χ2n) is 4.60. The van der Waals surface area contributed by atoms with Gasteiger partial charge in [0.1, 0.15) is 6.04 Å². The maximum atomic E-state index is 11.8. The molecule has 94 valence electrons. The Labute approximate surface area is 96.3 Å². The van der Waals surface area contributed by atoms with E-state index in [1.54, 1.807) is 6.92 Å². The molecule has 0 aromatic carbocycles. The van der Waals surface area contributed by atoms with Crippen LogP contribution in [0.25, 0.3) is 0 Å². The number of nitrogens with one attached hydrogen (secondary N) is 1. The van der Waals surface area contributed by atoms with Crippen molar-refractivity contribution in [1.29, 1.82) is 0 Å². The molecule has 0 radical (unpaired) electrons. The molecule has 2 N–H and O–H groups in total. The standard InChI is InChI=1S/C10H19NO4S/c1-3-4-5-8(9(12)13)11-16(14,15)10(2)6-7-10/h8,11H,3-7H2,1-2H3,(H,12,13). The number of hydrogen-bond acceptors (Lipinski definition) is 3. The van der Waals surface area contributed by atoms with Gasteiger partial charge in [0.25, 0.3) is 0 Å². The summed E-state index contributed by atoms with van der Waals surface area (Å²) < 4.78 is 25.2. The third-order valence-electron chi connectivity index (χ3n) is 3.04. The molecule has 0 aromatic rings. The summed E-state index contributed by atoms with van der Waals surface area (Å²) in [6, 6.07) is -0.984. The van der Waals surface area contributed by atoms with E-state index in [4.69, 9.17) is 5.11 Å². The number of sulfonamides is 1. The van der Waals surface area contributed by atoms with Crippen LogP contribution in [0.4, 0.5) is 0 Å². The highest BCUT2D eigenvalue weighted by Gasteiger charge is 2.51. The Kier molecular flexibility index (Phi) is 3.96. The first-order valence-corrected chi connectivity index (χ1v) is 7.05. The number of carboxylic acid groups (broad SMARTS) is 1. The van der Waals surface area contributed by atoms with Crippen LogP contribution in [0, 0.1) is 0 Å². The molecule has 1 unspecified atom stereocenters. The Balaban J connectivity index is 2.64. The van der Waals surface area contributed by atoms with E-state index >= 15 is 0 Å². The smallest absolute Gasteiger partial charge is 0.321 e. The van der Waals surface area contributed by atoms with Gasteiger partial charge in [-0.3, -0.25) is 4.79 Å². The predicted octanol–water partition coefficient (Wildman–Crippen LogP) is 1.10. The molecule has 1 aliphatic rings. The number of hydrogen-bond donors (Lipinski definition) is 2. The van der Waals surface area contributed by atoms with Crippen LogP contribution in [0.15, 0.2) is 0 Å². The molecule has 0 aliphatic heterocycles. The summed E-state index contributed by atoms with van der Waals surface area (Å²) >= 11 is 0. The lowest BCUT2D eigenvalue weighted by Gasteiger charge is -2.17. The van der Waals surface area contributed by atoms with E-state index in [-0.39, 0.29) is 0 Å². The Bertz CT molecular complexity index is 359. The van der Waals surface area contributed by atoms with Gasteiger partial charge in [-0.1, -0.05) is 19.8 Å². The van der Waals surface area contributed by atoms with Crippen LogP contribution in [0.2, 0.25) is 0 Å². The average Bonchev–Trinajstić information content (AvgIpc) is 2.92. The first-order valence-electron chi connectivity index (χ1n) is 5.57. The molecular formula is C10H19NO4S. The molecule has 16 heavy (non-hydrogen) atoms. The number of unbranched alkanes of at least 4 members (excludes halogenated alkanes) is 1. The summed E-state index contributed by atoms with van der Waals surface area (Å²) in [5.41, 5.74) is 0. The van der Waals surface area contributed by atoms with Crippen LogP contribution in [-0.2, 0) is 14.8 Å². The summed E-state index contributed by atoms with van der Waals surface area (Å²) in [6.07, 6.45) is 3.13. The molecule has 0 aromatic heterocycles. The SMILES string of the molecule is CCCCC(NS(=O)(=O)C1(C)CC1)C(=O)O. The van der Waals surface area contributed by atoms with Gasteiger partial charge in [0.05, 0.1) is 4.75 Å². The van der Waals surface area contributed by atoms with Gasteiger partial charge in [-0.15, -0.1) is 0 Å². The minimum absolute atomic E-state index is 0.348. The maximum absolute atomic E-state index is 11.8. The monoisotopic (exact) mass is 249 g/mol. The van der Waals surface area contributed by atoms with Gasteiger partial charge >= 0.3 is 5.97 Å². The molecule has 1 rings (SSSR count). The van der Waals surface area contributed by atoms with E-state index in [0.717, 1.165) is 6.42 Å².